The van der Waals surface area contributed by atoms with Gasteiger partial charge in [-0.25, -0.2) is 8.42 Å². The van der Waals surface area contributed by atoms with Gasteiger partial charge >= 0.3 is 0 Å². The van der Waals surface area contributed by atoms with Crippen LogP contribution in [0.1, 0.15) is 23.7 Å². The van der Waals surface area contributed by atoms with Crippen LogP contribution in [0.3, 0.4) is 0 Å². The highest BCUT2D eigenvalue weighted by Crippen LogP contribution is 2.21. The second kappa shape index (κ2) is 11.0. The van der Waals surface area contributed by atoms with Crippen LogP contribution in [0.25, 0.3) is 0 Å². The average Bonchev–Trinajstić information content (AvgIpc) is 2.58. The van der Waals surface area contributed by atoms with E-state index in [1.807, 2.05) is 6.26 Å². The molecule has 0 radical (unpaired) electrons. The Bertz CT molecular complexity index is 742. The number of amides is 2. The number of hydrogen-bond acceptors (Lipinski definition) is 5. The number of benzene rings is 1. The first-order valence-corrected chi connectivity index (χ1v) is 11.9. The Morgan fingerprint density at radius 3 is 2.54 bits per heavy atom. The van der Waals surface area contributed by atoms with Gasteiger partial charge in [-0.2, -0.15) is 11.8 Å². The van der Waals surface area contributed by atoms with Crippen molar-refractivity contribution in [3.63, 3.8) is 0 Å². The van der Waals surface area contributed by atoms with Gasteiger partial charge in [0.15, 0.2) is 9.84 Å². The highest BCUT2D eigenvalue weighted by atomic mass is 35.5. The molecule has 0 aliphatic heterocycles. The quantitative estimate of drug-likeness (QED) is 0.582. The van der Waals surface area contributed by atoms with E-state index in [1.165, 1.54) is 30.0 Å². The molecule has 146 valence electrons. The molecule has 0 spiro atoms. The molecule has 0 bridgehead atoms. The third kappa shape index (κ3) is 7.73. The molecule has 2 N–H and O–H groups in total. The Morgan fingerprint density at radius 1 is 1.27 bits per heavy atom. The van der Waals surface area contributed by atoms with Crippen molar-refractivity contribution in [1.82, 2.24) is 10.6 Å². The Labute approximate surface area is 168 Å². The van der Waals surface area contributed by atoms with Crippen molar-refractivity contribution in [3.05, 3.63) is 33.8 Å². The number of nitrogens with one attached hydrogen (secondary N) is 2. The molecule has 0 fully saturated rings. The largest absolute Gasteiger partial charge is 0.353 e. The Balaban J connectivity index is 2.75. The minimum atomic E-state index is -3.17. The van der Waals surface area contributed by atoms with Gasteiger partial charge in [-0.3, -0.25) is 9.59 Å². The minimum absolute atomic E-state index is 0.00233. The number of carbonyl (C=O) groups is 2. The lowest BCUT2D eigenvalue weighted by Gasteiger charge is -2.18. The summed E-state index contributed by atoms with van der Waals surface area (Å²) in [6.07, 6.45) is 2.30. The number of rotatable bonds is 10. The summed E-state index contributed by atoms with van der Waals surface area (Å²) in [5, 5.41) is 5.81. The van der Waals surface area contributed by atoms with Crippen LogP contribution in [0.5, 0.6) is 0 Å². The number of thioether (sulfide) groups is 1. The second-order valence-corrected chi connectivity index (χ2v) is 9.76. The fraction of sp³-hybridized carbons (Fsp3) is 0.500. The van der Waals surface area contributed by atoms with Crippen molar-refractivity contribution >= 4 is 56.6 Å². The SMILES string of the molecule is CCS(=O)(=O)CCNC(=O)C(CCSC)NC(=O)c1ccc(Cl)cc1Cl. The Morgan fingerprint density at radius 2 is 1.96 bits per heavy atom. The van der Waals surface area contributed by atoms with E-state index in [9.17, 15) is 18.0 Å². The zero-order valence-corrected chi connectivity index (χ0v) is 17.7. The van der Waals surface area contributed by atoms with E-state index in [2.05, 4.69) is 10.6 Å². The van der Waals surface area contributed by atoms with E-state index in [0.717, 1.165) is 0 Å². The number of sulfone groups is 1. The van der Waals surface area contributed by atoms with Gasteiger partial charge in [-0.05, 0) is 36.6 Å². The van der Waals surface area contributed by atoms with E-state index in [1.54, 1.807) is 6.92 Å². The molecular weight excluding hydrogens is 419 g/mol. The molecular formula is C16H22Cl2N2O4S2. The first-order valence-electron chi connectivity index (χ1n) is 7.93. The maximum atomic E-state index is 12.4. The van der Waals surface area contributed by atoms with Crippen LogP contribution in [0, 0.1) is 0 Å². The lowest BCUT2D eigenvalue weighted by molar-refractivity contribution is -0.122. The first-order chi connectivity index (χ1) is 12.2. The molecule has 6 nitrogen and oxygen atoms in total. The molecule has 0 saturated heterocycles. The van der Waals surface area contributed by atoms with E-state index < -0.39 is 27.7 Å². The molecule has 0 saturated carbocycles. The molecule has 1 atom stereocenters. The number of hydrogen-bond donors (Lipinski definition) is 2. The summed E-state index contributed by atoms with van der Waals surface area (Å²) in [6, 6.07) is 3.68. The van der Waals surface area contributed by atoms with Crippen LogP contribution >= 0.6 is 35.0 Å². The topological polar surface area (TPSA) is 92.3 Å². The van der Waals surface area contributed by atoms with Gasteiger partial charge in [0.25, 0.3) is 5.91 Å². The van der Waals surface area contributed by atoms with Crippen molar-refractivity contribution in [2.75, 3.05) is 30.1 Å². The van der Waals surface area contributed by atoms with Gasteiger partial charge in [0.05, 0.1) is 16.3 Å². The van der Waals surface area contributed by atoms with E-state index in [4.69, 9.17) is 23.2 Å². The second-order valence-electron chi connectivity index (χ2n) is 5.46. The van der Waals surface area contributed by atoms with Crippen molar-refractivity contribution in [2.24, 2.45) is 0 Å². The molecule has 1 aromatic rings. The summed E-state index contributed by atoms with van der Waals surface area (Å²) in [6.45, 7) is 1.55. The Kier molecular flexibility index (Phi) is 9.78. The highest BCUT2D eigenvalue weighted by molar-refractivity contribution is 7.98. The van der Waals surface area contributed by atoms with Crippen LogP contribution in [-0.4, -0.2) is 56.3 Å². The van der Waals surface area contributed by atoms with Crippen LogP contribution in [0.4, 0.5) is 0 Å². The van der Waals surface area contributed by atoms with Crippen molar-refractivity contribution in [3.8, 4) is 0 Å². The van der Waals surface area contributed by atoms with Crippen molar-refractivity contribution in [2.45, 2.75) is 19.4 Å². The third-order valence-corrected chi connectivity index (χ3v) is 6.46. The number of halogens is 2. The van der Waals surface area contributed by atoms with Gasteiger partial charge in [0.1, 0.15) is 6.04 Å². The van der Waals surface area contributed by atoms with Gasteiger partial charge in [-0.1, -0.05) is 30.1 Å². The summed E-state index contributed by atoms with van der Waals surface area (Å²) in [5.41, 5.74) is 0.214. The standard InChI is InChI=1S/C16H22Cl2N2O4S2/c1-3-26(23,24)9-7-19-16(22)14(6-8-25-2)20-15(21)12-5-4-11(17)10-13(12)18/h4-5,10,14H,3,6-9H2,1-2H3,(H,19,22)(H,20,21). The van der Waals surface area contributed by atoms with Crippen LogP contribution in [0.2, 0.25) is 10.0 Å². The average molecular weight is 441 g/mol. The van der Waals surface area contributed by atoms with Crippen LogP contribution in [0.15, 0.2) is 18.2 Å². The van der Waals surface area contributed by atoms with Crippen molar-refractivity contribution < 1.29 is 18.0 Å². The monoisotopic (exact) mass is 440 g/mol. The molecule has 0 aromatic heterocycles. The summed E-state index contributed by atoms with van der Waals surface area (Å²) in [4.78, 5) is 24.8. The lowest BCUT2D eigenvalue weighted by Crippen LogP contribution is -2.48. The lowest BCUT2D eigenvalue weighted by atomic mass is 10.1. The summed E-state index contributed by atoms with van der Waals surface area (Å²) < 4.78 is 23.0. The molecule has 1 rings (SSSR count). The highest BCUT2D eigenvalue weighted by Gasteiger charge is 2.22. The van der Waals surface area contributed by atoms with Gasteiger partial charge < -0.3 is 10.6 Å². The summed E-state index contributed by atoms with van der Waals surface area (Å²) in [5.74, 6) is -0.385. The summed E-state index contributed by atoms with van der Waals surface area (Å²) >= 11 is 13.4. The molecule has 1 aromatic carbocycles. The normalized spacial score (nSPS) is 12.5. The smallest absolute Gasteiger partial charge is 0.253 e. The van der Waals surface area contributed by atoms with E-state index in [0.29, 0.717) is 17.2 Å². The van der Waals surface area contributed by atoms with Crippen molar-refractivity contribution in [1.29, 1.82) is 0 Å². The minimum Gasteiger partial charge on any atom is -0.353 e. The van der Waals surface area contributed by atoms with Crippen LogP contribution in [-0.2, 0) is 14.6 Å². The van der Waals surface area contributed by atoms with E-state index in [-0.39, 0.29) is 28.6 Å². The summed E-state index contributed by atoms with van der Waals surface area (Å²) in [7, 11) is -3.17. The molecule has 2 amide bonds. The van der Waals surface area contributed by atoms with Gasteiger partial charge in [0, 0.05) is 17.3 Å². The zero-order valence-electron chi connectivity index (χ0n) is 14.6. The molecule has 1 unspecified atom stereocenters. The third-order valence-electron chi connectivity index (χ3n) is 3.56. The van der Waals surface area contributed by atoms with Gasteiger partial charge in [-0.15, -0.1) is 0 Å². The maximum absolute atomic E-state index is 12.4. The fourth-order valence-corrected chi connectivity index (χ4v) is 3.68. The molecule has 26 heavy (non-hydrogen) atoms. The number of carbonyl (C=O) groups excluding carboxylic acids is 2. The molecule has 10 heteroatoms. The molecule has 0 aliphatic rings. The van der Waals surface area contributed by atoms with E-state index >= 15 is 0 Å². The molecule has 0 aliphatic carbocycles. The predicted molar refractivity (Wildman–Crippen MR) is 108 cm³/mol. The van der Waals surface area contributed by atoms with Gasteiger partial charge in [0.2, 0.25) is 5.91 Å². The Hall–Kier alpha value is -0.960. The first kappa shape index (κ1) is 23.1. The molecule has 0 heterocycles. The maximum Gasteiger partial charge on any atom is 0.253 e. The van der Waals surface area contributed by atoms with Crippen LogP contribution < -0.4 is 10.6 Å². The predicted octanol–water partition coefficient (Wildman–Crippen LogP) is 2.40. The fourth-order valence-electron chi connectivity index (χ4n) is 2.01. The zero-order chi connectivity index (χ0) is 19.7.